The van der Waals surface area contributed by atoms with Crippen molar-refractivity contribution in [2.45, 2.75) is 75.5 Å². The van der Waals surface area contributed by atoms with Gasteiger partial charge in [-0.2, -0.15) is 0 Å². The van der Waals surface area contributed by atoms with E-state index in [-0.39, 0.29) is 17.2 Å². The van der Waals surface area contributed by atoms with Crippen molar-refractivity contribution in [2.75, 3.05) is 17.6 Å². The van der Waals surface area contributed by atoms with Crippen LogP contribution in [0.3, 0.4) is 0 Å². The van der Waals surface area contributed by atoms with Gasteiger partial charge in [0.15, 0.2) is 0 Å². The van der Waals surface area contributed by atoms with Crippen LogP contribution in [-0.2, 0) is 13.1 Å². The largest absolute Gasteiger partial charge is 0.368 e. The van der Waals surface area contributed by atoms with Crippen LogP contribution >= 0.6 is 23.4 Å². The fourth-order valence-corrected chi connectivity index (χ4v) is 6.45. The van der Waals surface area contributed by atoms with Gasteiger partial charge in [-0.1, -0.05) is 37.8 Å². The third-order valence-corrected chi connectivity index (χ3v) is 8.37. The first-order chi connectivity index (χ1) is 17.0. The highest BCUT2D eigenvalue weighted by Crippen LogP contribution is 2.33. The SMILES string of the molecule is CCCC(CCCC[C@@H]1Cn2c(=O)ccc3ccc(=O)n1c32)NCc1nc2c(cc1Cl)SCCN2. The Bertz CT molecular complexity index is 1330. The van der Waals surface area contributed by atoms with E-state index in [1.807, 2.05) is 22.8 Å². The molecule has 0 saturated carbocycles. The van der Waals surface area contributed by atoms with E-state index < -0.39 is 0 Å². The summed E-state index contributed by atoms with van der Waals surface area (Å²) in [5.41, 5.74) is 1.60. The summed E-state index contributed by atoms with van der Waals surface area (Å²) in [6.07, 6.45) is 6.23. The van der Waals surface area contributed by atoms with Crippen LogP contribution in [0.4, 0.5) is 5.82 Å². The van der Waals surface area contributed by atoms with Gasteiger partial charge in [-0.15, -0.1) is 11.8 Å². The Morgan fingerprint density at radius 2 is 2.03 bits per heavy atom. The van der Waals surface area contributed by atoms with E-state index in [0.29, 0.717) is 19.1 Å². The molecule has 5 rings (SSSR count). The fraction of sp³-hybridized carbons (Fsp3) is 0.500. The lowest BCUT2D eigenvalue weighted by Crippen LogP contribution is -2.29. The third kappa shape index (κ3) is 5.15. The molecular weight excluding hydrogens is 482 g/mol. The average Bonchev–Trinajstić information content (AvgIpc) is 3.25. The number of hydrogen-bond donors (Lipinski definition) is 2. The lowest BCUT2D eigenvalue weighted by atomic mass is 10.0. The van der Waals surface area contributed by atoms with E-state index in [0.717, 1.165) is 83.3 Å². The van der Waals surface area contributed by atoms with Crippen LogP contribution in [0.2, 0.25) is 5.02 Å². The van der Waals surface area contributed by atoms with Gasteiger partial charge in [-0.25, -0.2) is 4.98 Å². The minimum Gasteiger partial charge on any atom is -0.368 e. The Labute approximate surface area is 214 Å². The van der Waals surface area contributed by atoms with Gasteiger partial charge in [0.1, 0.15) is 11.5 Å². The number of halogens is 1. The predicted octanol–water partition coefficient (Wildman–Crippen LogP) is 4.80. The summed E-state index contributed by atoms with van der Waals surface area (Å²) in [6.45, 7) is 4.38. The lowest BCUT2D eigenvalue weighted by molar-refractivity contribution is 0.394. The summed E-state index contributed by atoms with van der Waals surface area (Å²) < 4.78 is 3.58. The third-order valence-electron chi connectivity index (χ3n) is 7.02. The molecular formula is C26H32ClN5O2S. The molecule has 0 fully saturated rings. The maximum atomic E-state index is 12.6. The Morgan fingerprint density at radius 1 is 1.20 bits per heavy atom. The Hall–Kier alpha value is -2.29. The highest BCUT2D eigenvalue weighted by molar-refractivity contribution is 7.99. The first kappa shape index (κ1) is 24.4. The van der Waals surface area contributed by atoms with Gasteiger partial charge in [0.2, 0.25) is 0 Å². The molecule has 2 aliphatic heterocycles. The van der Waals surface area contributed by atoms with Crippen LogP contribution in [0.1, 0.15) is 57.2 Å². The molecule has 0 radical (unpaired) electrons. The van der Waals surface area contributed by atoms with Gasteiger partial charge < -0.3 is 10.6 Å². The van der Waals surface area contributed by atoms with Crippen LogP contribution in [0, 0.1) is 0 Å². The number of nitrogens with one attached hydrogen (secondary N) is 2. The van der Waals surface area contributed by atoms with Crippen LogP contribution < -0.4 is 21.8 Å². The number of thioether (sulfide) groups is 1. The Balaban J connectivity index is 1.17. The molecule has 0 bridgehead atoms. The van der Waals surface area contributed by atoms with Crippen LogP contribution in [-0.4, -0.2) is 32.5 Å². The summed E-state index contributed by atoms with van der Waals surface area (Å²) in [5, 5.41) is 8.71. The zero-order valence-electron chi connectivity index (χ0n) is 20.1. The molecule has 5 heterocycles. The van der Waals surface area contributed by atoms with Crippen molar-refractivity contribution in [3.8, 4) is 0 Å². The van der Waals surface area contributed by atoms with E-state index >= 15 is 0 Å². The van der Waals surface area contributed by atoms with Crippen molar-refractivity contribution >= 4 is 40.2 Å². The quantitative estimate of drug-likeness (QED) is 0.379. The highest BCUT2D eigenvalue weighted by Gasteiger charge is 2.25. The summed E-state index contributed by atoms with van der Waals surface area (Å²) in [5.74, 6) is 1.98. The van der Waals surface area contributed by atoms with Crippen molar-refractivity contribution in [1.82, 2.24) is 19.4 Å². The fourth-order valence-electron chi connectivity index (χ4n) is 5.28. The molecule has 2 atom stereocenters. The molecule has 35 heavy (non-hydrogen) atoms. The van der Waals surface area contributed by atoms with Gasteiger partial charge in [-0.05, 0) is 37.5 Å². The van der Waals surface area contributed by atoms with Crippen molar-refractivity contribution in [3.63, 3.8) is 0 Å². The molecule has 3 aromatic heterocycles. The second kappa shape index (κ2) is 10.8. The molecule has 0 aliphatic carbocycles. The van der Waals surface area contributed by atoms with Crippen LogP contribution in [0.5, 0.6) is 0 Å². The van der Waals surface area contributed by atoms with Gasteiger partial charge >= 0.3 is 0 Å². The number of nitrogens with zero attached hydrogens (tertiary/aromatic N) is 3. The van der Waals surface area contributed by atoms with Gasteiger partial charge in [-0.3, -0.25) is 18.7 Å². The summed E-state index contributed by atoms with van der Waals surface area (Å²) in [6, 6.07) is 9.30. The highest BCUT2D eigenvalue weighted by atomic mass is 35.5. The van der Waals surface area contributed by atoms with Crippen molar-refractivity contribution < 1.29 is 0 Å². The number of anilines is 1. The maximum absolute atomic E-state index is 12.6. The van der Waals surface area contributed by atoms with Crippen LogP contribution in [0.25, 0.3) is 11.0 Å². The zero-order chi connectivity index (χ0) is 24.4. The smallest absolute Gasteiger partial charge is 0.252 e. The average molecular weight is 514 g/mol. The molecule has 0 saturated heterocycles. The first-order valence-corrected chi connectivity index (χ1v) is 14.0. The molecule has 0 spiro atoms. The standard InChI is InChI=1S/C26H32ClN5O2S/c1-2-5-18(29-15-21-20(27)14-22-25(30-21)28-12-13-35-22)6-3-4-7-19-16-31-23(33)10-8-17-9-11-24(34)32(19)26(17)31/h8-11,14,18-19,29H,2-7,12-13,15-16H2,1H3,(H,28,30)/t18?,19-/m1/s1. The van der Waals surface area contributed by atoms with Crippen molar-refractivity contribution in [1.29, 1.82) is 0 Å². The molecule has 7 nitrogen and oxygen atoms in total. The Kier molecular flexibility index (Phi) is 7.51. The normalized spacial score (nSPS) is 17.4. The zero-order valence-corrected chi connectivity index (χ0v) is 21.6. The van der Waals surface area contributed by atoms with Crippen molar-refractivity contribution in [2.24, 2.45) is 0 Å². The van der Waals surface area contributed by atoms with Crippen molar-refractivity contribution in [3.05, 3.63) is 61.8 Å². The summed E-state index contributed by atoms with van der Waals surface area (Å²) >= 11 is 8.32. The van der Waals surface area contributed by atoms with E-state index in [2.05, 4.69) is 17.6 Å². The number of rotatable bonds is 10. The molecule has 0 aromatic carbocycles. The molecule has 2 aliphatic rings. The van der Waals surface area contributed by atoms with Gasteiger partial charge in [0.25, 0.3) is 11.1 Å². The van der Waals surface area contributed by atoms with Gasteiger partial charge in [0.05, 0.1) is 21.7 Å². The molecule has 1 unspecified atom stereocenters. The van der Waals surface area contributed by atoms with E-state index in [1.165, 1.54) is 0 Å². The number of hydrogen-bond acceptors (Lipinski definition) is 6. The van der Waals surface area contributed by atoms with E-state index in [9.17, 15) is 9.59 Å². The predicted molar refractivity (Wildman–Crippen MR) is 144 cm³/mol. The first-order valence-electron chi connectivity index (χ1n) is 12.6. The number of unbranched alkanes of at least 4 members (excludes halogenated alkanes) is 1. The monoisotopic (exact) mass is 513 g/mol. The lowest BCUT2D eigenvalue weighted by Gasteiger charge is -2.21. The summed E-state index contributed by atoms with van der Waals surface area (Å²) in [7, 11) is 0. The maximum Gasteiger partial charge on any atom is 0.252 e. The molecule has 186 valence electrons. The summed E-state index contributed by atoms with van der Waals surface area (Å²) in [4.78, 5) is 30.8. The van der Waals surface area contributed by atoms with E-state index in [4.69, 9.17) is 16.6 Å². The Morgan fingerprint density at radius 3 is 2.86 bits per heavy atom. The minimum atomic E-state index is -0.0326. The molecule has 9 heteroatoms. The number of fused-ring (bicyclic) bond motifs is 1. The molecule has 2 N–H and O–H groups in total. The van der Waals surface area contributed by atoms with E-state index in [1.54, 1.807) is 28.5 Å². The second-order valence-electron chi connectivity index (χ2n) is 9.45. The molecule has 3 aromatic rings. The van der Waals surface area contributed by atoms with Crippen LogP contribution in [0.15, 0.2) is 44.8 Å². The van der Waals surface area contributed by atoms with Gasteiger partial charge in [0, 0.05) is 48.9 Å². The number of pyridine rings is 3. The number of aromatic nitrogens is 3. The minimum absolute atomic E-state index is 0.0211. The molecule has 0 amide bonds. The topological polar surface area (TPSA) is 81.0 Å². The second-order valence-corrected chi connectivity index (χ2v) is 11.0.